The normalized spacial score (nSPS) is 10.0. The van der Waals surface area contributed by atoms with E-state index in [9.17, 15) is 14.0 Å². The van der Waals surface area contributed by atoms with Crippen LogP contribution in [0.4, 0.5) is 4.39 Å². The zero-order valence-corrected chi connectivity index (χ0v) is 10.9. The average Bonchev–Trinajstić information content (AvgIpc) is 2.46. The smallest absolute Gasteiger partial charge is 0.358 e. The number of nitrogens with zero attached hydrogens (tertiary/aromatic N) is 2. The van der Waals surface area contributed by atoms with Crippen molar-refractivity contribution in [2.75, 3.05) is 7.11 Å². The maximum Gasteiger partial charge on any atom is 0.358 e. The van der Waals surface area contributed by atoms with Crippen LogP contribution in [0.3, 0.4) is 0 Å². The molecular formula is C13H10FN3O4. The molecular weight excluding hydrogens is 281 g/mol. The van der Waals surface area contributed by atoms with E-state index >= 15 is 0 Å². The molecule has 2 N–H and O–H groups in total. The van der Waals surface area contributed by atoms with Crippen LogP contribution in [-0.2, 0) is 4.74 Å². The molecule has 0 unspecified atom stereocenters. The fourth-order valence-electron chi connectivity index (χ4n) is 1.54. The highest BCUT2D eigenvalue weighted by Gasteiger charge is 2.17. The Morgan fingerprint density at radius 3 is 2.71 bits per heavy atom. The fourth-order valence-corrected chi connectivity index (χ4v) is 1.54. The summed E-state index contributed by atoms with van der Waals surface area (Å²) in [6.07, 6.45) is 2.38. The minimum Gasteiger partial charge on any atom is -0.464 e. The van der Waals surface area contributed by atoms with E-state index in [1.807, 2.05) is 0 Å². The number of primary amides is 1. The summed E-state index contributed by atoms with van der Waals surface area (Å²) in [5.74, 6) is -2.75. The third-order valence-corrected chi connectivity index (χ3v) is 2.44. The molecule has 2 aromatic rings. The van der Waals surface area contributed by atoms with Gasteiger partial charge in [-0.25, -0.2) is 14.2 Å². The minimum atomic E-state index is -0.986. The first-order valence-corrected chi connectivity index (χ1v) is 5.69. The number of methoxy groups -OCH3 is 1. The van der Waals surface area contributed by atoms with Gasteiger partial charge in [-0.05, 0) is 12.1 Å². The summed E-state index contributed by atoms with van der Waals surface area (Å²) < 4.78 is 23.3. The summed E-state index contributed by atoms with van der Waals surface area (Å²) in [5, 5.41) is 0. The molecule has 1 heterocycles. The molecule has 0 aliphatic rings. The van der Waals surface area contributed by atoms with Crippen molar-refractivity contribution in [1.82, 2.24) is 9.97 Å². The van der Waals surface area contributed by atoms with Crippen LogP contribution in [0, 0.1) is 5.82 Å². The van der Waals surface area contributed by atoms with Crippen molar-refractivity contribution in [3.63, 3.8) is 0 Å². The number of carbonyl (C=O) groups excluding carboxylic acids is 2. The van der Waals surface area contributed by atoms with E-state index in [4.69, 9.17) is 10.5 Å². The number of hydrogen-bond donors (Lipinski definition) is 1. The number of hydrogen-bond acceptors (Lipinski definition) is 6. The molecule has 0 atom stereocenters. The summed E-state index contributed by atoms with van der Waals surface area (Å²) in [5.41, 5.74) is 4.59. The lowest BCUT2D eigenvalue weighted by atomic mass is 10.2. The summed E-state index contributed by atoms with van der Waals surface area (Å²) >= 11 is 0. The van der Waals surface area contributed by atoms with Crippen molar-refractivity contribution in [2.45, 2.75) is 0 Å². The molecule has 0 bridgehead atoms. The third-order valence-electron chi connectivity index (χ3n) is 2.44. The van der Waals surface area contributed by atoms with Crippen LogP contribution >= 0.6 is 0 Å². The van der Waals surface area contributed by atoms with Gasteiger partial charge in [0.15, 0.2) is 5.69 Å². The maximum atomic E-state index is 13.6. The van der Waals surface area contributed by atoms with Crippen LogP contribution in [0.1, 0.15) is 20.8 Å². The number of esters is 1. The van der Waals surface area contributed by atoms with Gasteiger partial charge in [0.2, 0.25) is 5.88 Å². The molecule has 0 aliphatic heterocycles. The molecule has 0 fully saturated rings. The first kappa shape index (κ1) is 14.4. The first-order valence-electron chi connectivity index (χ1n) is 5.69. The van der Waals surface area contributed by atoms with Crippen LogP contribution in [0.25, 0.3) is 0 Å². The van der Waals surface area contributed by atoms with Gasteiger partial charge in [-0.1, -0.05) is 6.07 Å². The zero-order valence-electron chi connectivity index (χ0n) is 10.9. The topological polar surface area (TPSA) is 104 Å². The molecule has 0 spiro atoms. The summed E-state index contributed by atoms with van der Waals surface area (Å²) in [7, 11) is 1.19. The lowest BCUT2D eigenvalue weighted by molar-refractivity contribution is 0.0592. The van der Waals surface area contributed by atoms with E-state index in [1.165, 1.54) is 31.6 Å². The Morgan fingerprint density at radius 1 is 1.29 bits per heavy atom. The van der Waals surface area contributed by atoms with E-state index in [0.717, 1.165) is 6.07 Å². The highest BCUT2D eigenvalue weighted by atomic mass is 19.1. The largest absolute Gasteiger partial charge is 0.464 e. The van der Waals surface area contributed by atoms with Gasteiger partial charge in [0.1, 0.15) is 17.1 Å². The van der Waals surface area contributed by atoms with Gasteiger partial charge >= 0.3 is 5.97 Å². The monoisotopic (exact) mass is 291 g/mol. The van der Waals surface area contributed by atoms with Gasteiger partial charge in [0.25, 0.3) is 5.91 Å². The van der Waals surface area contributed by atoms with Gasteiger partial charge < -0.3 is 15.2 Å². The second-order valence-corrected chi connectivity index (χ2v) is 3.81. The minimum absolute atomic E-state index is 0.0907. The number of nitrogens with two attached hydrogens (primary N) is 1. The lowest BCUT2D eigenvalue weighted by Gasteiger charge is -2.09. The molecule has 0 saturated heterocycles. The van der Waals surface area contributed by atoms with Crippen LogP contribution in [0.15, 0.2) is 30.6 Å². The first-order chi connectivity index (χ1) is 10.0. The van der Waals surface area contributed by atoms with Crippen LogP contribution in [-0.4, -0.2) is 29.0 Å². The molecule has 0 radical (unpaired) electrons. The zero-order chi connectivity index (χ0) is 15.4. The highest BCUT2D eigenvalue weighted by molar-refractivity contribution is 5.96. The molecule has 1 amide bonds. The number of rotatable bonds is 4. The maximum absolute atomic E-state index is 13.6. The lowest BCUT2D eigenvalue weighted by Crippen LogP contribution is -2.14. The average molecular weight is 291 g/mol. The standard InChI is InChI=1S/C13H10FN3O4/c1-20-13(19)8-5-16-6-10(17-8)21-9-4-2-3-7(14)11(9)12(15)18/h2-6H,1H3,(H2,15,18). The Morgan fingerprint density at radius 2 is 2.05 bits per heavy atom. The summed E-state index contributed by atoms with van der Waals surface area (Å²) in [6, 6.07) is 3.76. The van der Waals surface area contributed by atoms with Crippen molar-refractivity contribution in [2.24, 2.45) is 5.73 Å². The van der Waals surface area contributed by atoms with E-state index in [-0.39, 0.29) is 17.3 Å². The Hall–Kier alpha value is -3.03. The summed E-state index contributed by atoms with van der Waals surface area (Å²) in [6.45, 7) is 0. The second-order valence-electron chi connectivity index (χ2n) is 3.81. The molecule has 2 rings (SSSR count). The van der Waals surface area contributed by atoms with Gasteiger partial charge in [0, 0.05) is 0 Å². The fraction of sp³-hybridized carbons (Fsp3) is 0.0769. The van der Waals surface area contributed by atoms with Crippen molar-refractivity contribution < 1.29 is 23.5 Å². The Bertz CT molecular complexity index is 706. The molecule has 0 aliphatic carbocycles. The van der Waals surface area contributed by atoms with E-state index in [0.29, 0.717) is 0 Å². The number of ether oxygens (including phenoxy) is 2. The van der Waals surface area contributed by atoms with Crippen molar-refractivity contribution in [1.29, 1.82) is 0 Å². The highest BCUT2D eigenvalue weighted by Crippen LogP contribution is 2.25. The molecule has 21 heavy (non-hydrogen) atoms. The molecule has 8 heteroatoms. The van der Waals surface area contributed by atoms with Gasteiger partial charge in [-0.2, -0.15) is 0 Å². The molecule has 1 aromatic carbocycles. The number of benzene rings is 1. The molecule has 7 nitrogen and oxygen atoms in total. The SMILES string of the molecule is COC(=O)c1cncc(Oc2cccc(F)c2C(N)=O)n1. The third kappa shape index (κ3) is 3.11. The van der Waals surface area contributed by atoms with Gasteiger partial charge in [0.05, 0.1) is 19.5 Å². The molecule has 1 aromatic heterocycles. The predicted molar refractivity (Wildman–Crippen MR) is 68.4 cm³/mol. The van der Waals surface area contributed by atoms with E-state index in [2.05, 4.69) is 14.7 Å². The van der Waals surface area contributed by atoms with E-state index in [1.54, 1.807) is 0 Å². The Labute approximate surface area is 118 Å². The van der Waals surface area contributed by atoms with Crippen molar-refractivity contribution >= 4 is 11.9 Å². The Kier molecular flexibility index (Phi) is 4.07. The summed E-state index contributed by atoms with van der Waals surface area (Å²) in [4.78, 5) is 30.2. The van der Waals surface area contributed by atoms with Crippen LogP contribution in [0.5, 0.6) is 11.6 Å². The van der Waals surface area contributed by atoms with Crippen LogP contribution in [0.2, 0.25) is 0 Å². The second kappa shape index (κ2) is 5.95. The quantitative estimate of drug-likeness (QED) is 0.851. The number of halogens is 1. The molecule has 0 saturated carbocycles. The number of amides is 1. The number of aromatic nitrogens is 2. The Balaban J connectivity index is 2.37. The van der Waals surface area contributed by atoms with Crippen molar-refractivity contribution in [3.8, 4) is 11.6 Å². The van der Waals surface area contributed by atoms with E-state index < -0.39 is 23.3 Å². The van der Waals surface area contributed by atoms with Crippen LogP contribution < -0.4 is 10.5 Å². The number of carbonyl (C=O) groups is 2. The van der Waals surface area contributed by atoms with Gasteiger partial charge in [-0.15, -0.1) is 0 Å². The van der Waals surface area contributed by atoms with Crippen molar-refractivity contribution in [3.05, 3.63) is 47.7 Å². The predicted octanol–water partition coefficient (Wildman–Crippen LogP) is 1.29. The molecule has 108 valence electrons. The van der Waals surface area contributed by atoms with Gasteiger partial charge in [-0.3, -0.25) is 9.78 Å².